The lowest BCUT2D eigenvalue weighted by molar-refractivity contribution is 1.03. The molecule has 2 aromatic heterocycles. The van der Waals surface area contributed by atoms with Crippen molar-refractivity contribution >= 4 is 11.6 Å². The molecule has 94 valence electrons. The highest BCUT2D eigenvalue weighted by Gasteiger charge is 2.04. The Labute approximate surface area is 116 Å². The fourth-order valence-electron chi connectivity index (χ4n) is 1.92. The number of hydrogen-bond acceptors (Lipinski definition) is 2. The summed E-state index contributed by atoms with van der Waals surface area (Å²) in [6.07, 6.45) is 6.17. The van der Waals surface area contributed by atoms with E-state index < -0.39 is 0 Å². The Bertz CT molecular complexity index is 659. The number of H-pyrrole nitrogens is 1. The van der Waals surface area contributed by atoms with Crippen molar-refractivity contribution in [3.8, 4) is 11.3 Å². The van der Waals surface area contributed by atoms with Crippen LogP contribution in [0.15, 0.2) is 55.0 Å². The van der Waals surface area contributed by atoms with Crippen molar-refractivity contribution in [3.63, 3.8) is 0 Å². The zero-order chi connectivity index (χ0) is 13.1. The first-order chi connectivity index (χ1) is 9.31. The van der Waals surface area contributed by atoms with Gasteiger partial charge in [0.15, 0.2) is 0 Å². The van der Waals surface area contributed by atoms with Crippen molar-refractivity contribution in [1.82, 2.24) is 15.0 Å². The molecule has 3 nitrogen and oxygen atoms in total. The average Bonchev–Trinajstić information content (AvgIpc) is 2.91. The van der Waals surface area contributed by atoms with E-state index in [9.17, 15) is 0 Å². The molecule has 0 bridgehead atoms. The van der Waals surface area contributed by atoms with E-state index in [1.165, 1.54) is 5.56 Å². The van der Waals surface area contributed by atoms with Gasteiger partial charge in [-0.25, -0.2) is 4.98 Å². The smallest absolute Gasteiger partial charge is 0.110 e. The molecule has 0 aliphatic heterocycles. The van der Waals surface area contributed by atoms with Crippen molar-refractivity contribution < 1.29 is 0 Å². The second-order valence-electron chi connectivity index (χ2n) is 4.29. The van der Waals surface area contributed by atoms with Crippen molar-refractivity contribution in [2.24, 2.45) is 0 Å². The van der Waals surface area contributed by atoms with E-state index in [0.29, 0.717) is 0 Å². The Morgan fingerprint density at radius 3 is 2.63 bits per heavy atom. The lowest BCUT2D eigenvalue weighted by Gasteiger charge is -1.99. The van der Waals surface area contributed by atoms with Gasteiger partial charge in [-0.05, 0) is 29.8 Å². The predicted octanol–water partition coefficient (Wildman–Crippen LogP) is 3.72. The lowest BCUT2D eigenvalue weighted by atomic mass is 10.1. The monoisotopic (exact) mass is 269 g/mol. The number of rotatable bonds is 3. The van der Waals surface area contributed by atoms with Crippen molar-refractivity contribution in [3.05, 3.63) is 71.4 Å². The third-order valence-electron chi connectivity index (χ3n) is 2.89. The summed E-state index contributed by atoms with van der Waals surface area (Å²) >= 11 is 5.87. The SMILES string of the molecule is Clc1ccc(Cc2ncc(-c3cccnc3)[nH]2)cc1. The van der Waals surface area contributed by atoms with Crippen LogP contribution in [0.5, 0.6) is 0 Å². The molecule has 0 saturated carbocycles. The summed E-state index contributed by atoms with van der Waals surface area (Å²) in [4.78, 5) is 11.8. The lowest BCUT2D eigenvalue weighted by Crippen LogP contribution is -1.90. The number of nitrogens with one attached hydrogen (secondary N) is 1. The van der Waals surface area contributed by atoms with Crippen molar-refractivity contribution in [1.29, 1.82) is 0 Å². The van der Waals surface area contributed by atoms with Crippen LogP contribution in [0.25, 0.3) is 11.3 Å². The summed E-state index contributed by atoms with van der Waals surface area (Å²) in [5, 5.41) is 0.749. The predicted molar refractivity (Wildman–Crippen MR) is 76.1 cm³/mol. The number of hydrogen-bond donors (Lipinski definition) is 1. The molecule has 0 amide bonds. The minimum absolute atomic E-state index is 0.749. The highest BCUT2D eigenvalue weighted by atomic mass is 35.5. The van der Waals surface area contributed by atoms with Crippen LogP contribution >= 0.6 is 11.6 Å². The van der Waals surface area contributed by atoms with Gasteiger partial charge in [0, 0.05) is 29.4 Å². The molecule has 4 heteroatoms. The molecule has 2 heterocycles. The van der Waals surface area contributed by atoms with Crippen LogP contribution in [0.4, 0.5) is 0 Å². The Kier molecular flexibility index (Phi) is 3.29. The molecule has 3 aromatic rings. The molecule has 0 radical (unpaired) electrons. The average molecular weight is 270 g/mol. The highest BCUT2D eigenvalue weighted by molar-refractivity contribution is 6.30. The van der Waals surface area contributed by atoms with E-state index in [2.05, 4.69) is 15.0 Å². The van der Waals surface area contributed by atoms with E-state index in [1.807, 2.05) is 48.8 Å². The molecule has 0 unspecified atom stereocenters. The van der Waals surface area contributed by atoms with Crippen LogP contribution in [-0.2, 0) is 6.42 Å². The van der Waals surface area contributed by atoms with Crippen LogP contribution in [0.2, 0.25) is 5.02 Å². The molecular formula is C15H12ClN3. The molecule has 0 saturated heterocycles. The van der Waals surface area contributed by atoms with Gasteiger partial charge in [-0.1, -0.05) is 23.7 Å². The van der Waals surface area contributed by atoms with E-state index in [0.717, 1.165) is 28.5 Å². The third-order valence-corrected chi connectivity index (χ3v) is 3.14. The molecule has 0 spiro atoms. The number of aromatic nitrogens is 3. The molecule has 0 atom stereocenters. The summed E-state index contributed by atoms with van der Waals surface area (Å²) in [5.41, 5.74) is 3.20. The maximum atomic E-state index is 5.87. The second-order valence-corrected chi connectivity index (χ2v) is 4.72. The summed E-state index contributed by atoms with van der Waals surface area (Å²) in [6, 6.07) is 11.7. The van der Waals surface area contributed by atoms with Crippen molar-refractivity contribution in [2.45, 2.75) is 6.42 Å². The first-order valence-electron chi connectivity index (χ1n) is 6.00. The zero-order valence-corrected chi connectivity index (χ0v) is 10.9. The van der Waals surface area contributed by atoms with E-state index in [4.69, 9.17) is 11.6 Å². The van der Waals surface area contributed by atoms with Gasteiger partial charge in [0.1, 0.15) is 5.82 Å². The van der Waals surface area contributed by atoms with Crippen LogP contribution in [-0.4, -0.2) is 15.0 Å². The summed E-state index contributed by atoms with van der Waals surface area (Å²) in [5.74, 6) is 0.932. The molecule has 0 fully saturated rings. The van der Waals surface area contributed by atoms with Gasteiger partial charge in [-0.3, -0.25) is 4.98 Å². The minimum atomic E-state index is 0.749. The normalized spacial score (nSPS) is 10.6. The van der Waals surface area contributed by atoms with E-state index in [1.54, 1.807) is 6.20 Å². The van der Waals surface area contributed by atoms with Gasteiger partial charge in [-0.2, -0.15) is 0 Å². The van der Waals surface area contributed by atoms with Gasteiger partial charge >= 0.3 is 0 Å². The number of pyridine rings is 1. The van der Waals surface area contributed by atoms with Gasteiger partial charge in [0.2, 0.25) is 0 Å². The Morgan fingerprint density at radius 1 is 1.05 bits per heavy atom. The number of aromatic amines is 1. The molecule has 1 N–H and O–H groups in total. The number of imidazole rings is 1. The second kappa shape index (κ2) is 5.24. The Balaban J connectivity index is 1.80. The van der Waals surface area contributed by atoms with Gasteiger partial charge in [0.25, 0.3) is 0 Å². The van der Waals surface area contributed by atoms with E-state index >= 15 is 0 Å². The third kappa shape index (κ3) is 2.83. The maximum Gasteiger partial charge on any atom is 0.110 e. The summed E-state index contributed by atoms with van der Waals surface area (Å²) < 4.78 is 0. The molecule has 3 rings (SSSR count). The first kappa shape index (κ1) is 11.9. The Morgan fingerprint density at radius 2 is 1.89 bits per heavy atom. The maximum absolute atomic E-state index is 5.87. The fourth-order valence-corrected chi connectivity index (χ4v) is 2.04. The topological polar surface area (TPSA) is 41.6 Å². The van der Waals surface area contributed by atoms with Gasteiger partial charge in [0.05, 0.1) is 11.9 Å². The number of benzene rings is 1. The van der Waals surface area contributed by atoms with Crippen LogP contribution in [0, 0.1) is 0 Å². The minimum Gasteiger partial charge on any atom is -0.342 e. The summed E-state index contributed by atoms with van der Waals surface area (Å²) in [7, 11) is 0. The van der Waals surface area contributed by atoms with Crippen LogP contribution < -0.4 is 0 Å². The standard InChI is InChI=1S/C15H12ClN3/c16-13-5-3-11(4-6-13)8-15-18-10-14(19-15)12-2-1-7-17-9-12/h1-7,9-10H,8H2,(H,18,19). The molecule has 0 aliphatic carbocycles. The highest BCUT2D eigenvalue weighted by Crippen LogP contribution is 2.17. The quantitative estimate of drug-likeness (QED) is 0.787. The number of halogens is 1. The van der Waals surface area contributed by atoms with Gasteiger partial charge in [-0.15, -0.1) is 0 Å². The van der Waals surface area contributed by atoms with Crippen LogP contribution in [0.1, 0.15) is 11.4 Å². The number of nitrogens with zero attached hydrogens (tertiary/aromatic N) is 2. The summed E-state index contributed by atoms with van der Waals surface area (Å²) in [6.45, 7) is 0. The fraction of sp³-hybridized carbons (Fsp3) is 0.0667. The molecular weight excluding hydrogens is 258 g/mol. The molecule has 19 heavy (non-hydrogen) atoms. The van der Waals surface area contributed by atoms with E-state index in [-0.39, 0.29) is 0 Å². The van der Waals surface area contributed by atoms with Crippen molar-refractivity contribution in [2.75, 3.05) is 0 Å². The van der Waals surface area contributed by atoms with Gasteiger partial charge < -0.3 is 4.98 Å². The molecule has 0 aliphatic rings. The zero-order valence-electron chi connectivity index (χ0n) is 10.2. The van der Waals surface area contributed by atoms with Crippen LogP contribution in [0.3, 0.4) is 0 Å². The Hall–Kier alpha value is -2.13. The largest absolute Gasteiger partial charge is 0.342 e. The first-order valence-corrected chi connectivity index (χ1v) is 6.38. The molecule has 1 aromatic carbocycles.